The van der Waals surface area contributed by atoms with Gasteiger partial charge in [-0.2, -0.15) is 0 Å². The molecule has 1 amide bonds. The van der Waals surface area contributed by atoms with Gasteiger partial charge in [0.15, 0.2) is 0 Å². The molecule has 1 saturated heterocycles. The van der Waals surface area contributed by atoms with Crippen molar-refractivity contribution in [3.8, 4) is 5.75 Å². The number of carbonyl (C=O) groups is 2. The van der Waals surface area contributed by atoms with E-state index in [1.54, 1.807) is 24.3 Å². The Morgan fingerprint density at radius 3 is 2.48 bits per heavy atom. The van der Waals surface area contributed by atoms with Gasteiger partial charge in [-0.05, 0) is 30.9 Å². The summed E-state index contributed by atoms with van der Waals surface area (Å²) in [4.78, 5) is 23.6. The van der Waals surface area contributed by atoms with E-state index in [-0.39, 0.29) is 11.2 Å². The van der Waals surface area contributed by atoms with Crippen LogP contribution in [0.25, 0.3) is 0 Å². The zero-order valence-corrected chi connectivity index (χ0v) is 12.8. The van der Waals surface area contributed by atoms with Crippen molar-refractivity contribution in [2.75, 3.05) is 0 Å². The van der Waals surface area contributed by atoms with E-state index >= 15 is 0 Å². The Bertz CT molecular complexity index is 636. The second-order valence-corrected chi connectivity index (χ2v) is 5.93. The van der Waals surface area contributed by atoms with Crippen LogP contribution in [0.15, 0.2) is 30.3 Å². The van der Waals surface area contributed by atoms with Crippen molar-refractivity contribution in [3.63, 3.8) is 0 Å². The third-order valence-electron chi connectivity index (χ3n) is 4.28. The Kier molecular flexibility index (Phi) is 4.08. The molecule has 2 N–H and O–H groups in total. The minimum Gasteiger partial charge on any atom is -0.480 e. The molecule has 0 radical (unpaired) electrons. The number of carboxylic acids is 1. The van der Waals surface area contributed by atoms with Crippen LogP contribution in [0.1, 0.15) is 12.8 Å². The first-order chi connectivity index (χ1) is 11.0. The van der Waals surface area contributed by atoms with Gasteiger partial charge in [0.25, 0.3) is 0 Å². The number of likely N-dealkylation sites (tertiary alicyclic amines) is 1. The Labute approximate surface area is 137 Å². The molecule has 0 spiro atoms. The van der Waals surface area contributed by atoms with Gasteiger partial charge in [-0.1, -0.05) is 18.2 Å². The Balaban J connectivity index is 1.66. The highest BCUT2D eigenvalue weighted by Crippen LogP contribution is 2.44. The standard InChI is InChI=1S/C15H15NO6S/c17-13(18)12-8-6-10(16(12)14(19)20)11(7-8)22-15(23)21-9-4-2-1-3-5-9/h1-5,8,10-12H,6-7H2,(H,17,18)(H,19,20)/t8-,10+,11+,12-/m0/s1. The summed E-state index contributed by atoms with van der Waals surface area (Å²) in [6.07, 6.45) is -0.831. The van der Waals surface area contributed by atoms with Crippen molar-refractivity contribution in [3.05, 3.63) is 30.3 Å². The van der Waals surface area contributed by atoms with Crippen molar-refractivity contribution in [2.45, 2.75) is 31.0 Å². The third kappa shape index (κ3) is 2.94. The summed E-state index contributed by atoms with van der Waals surface area (Å²) in [7, 11) is 0. The van der Waals surface area contributed by atoms with Crippen LogP contribution >= 0.6 is 12.2 Å². The largest absolute Gasteiger partial charge is 0.480 e. The quantitative estimate of drug-likeness (QED) is 0.814. The number of benzene rings is 1. The van der Waals surface area contributed by atoms with Crippen molar-refractivity contribution in [1.82, 2.24) is 4.90 Å². The smallest absolute Gasteiger partial charge is 0.408 e. The maximum Gasteiger partial charge on any atom is 0.408 e. The van der Waals surface area contributed by atoms with Crippen LogP contribution in [0.3, 0.4) is 0 Å². The van der Waals surface area contributed by atoms with E-state index in [0.717, 1.165) is 4.90 Å². The van der Waals surface area contributed by atoms with E-state index in [4.69, 9.17) is 21.7 Å². The van der Waals surface area contributed by atoms with Gasteiger partial charge in [0.05, 0.1) is 6.04 Å². The number of hydrogen-bond acceptors (Lipinski definition) is 5. The molecule has 1 aromatic rings. The van der Waals surface area contributed by atoms with E-state index in [0.29, 0.717) is 18.6 Å². The summed E-state index contributed by atoms with van der Waals surface area (Å²) in [5.74, 6) is -0.862. The molecule has 3 rings (SSSR count). The monoisotopic (exact) mass is 337 g/mol. The Hall–Kier alpha value is -2.35. The molecule has 1 aliphatic heterocycles. The maximum absolute atomic E-state index is 11.4. The first-order valence-electron chi connectivity index (χ1n) is 7.15. The van der Waals surface area contributed by atoms with E-state index in [9.17, 15) is 19.8 Å². The number of nitrogens with zero attached hydrogens (tertiary/aromatic N) is 1. The molecule has 1 heterocycles. The van der Waals surface area contributed by atoms with Crippen LogP contribution in [-0.4, -0.2) is 50.6 Å². The number of para-hydroxylation sites is 1. The number of rotatable bonds is 3. The first kappa shape index (κ1) is 15.5. The summed E-state index contributed by atoms with van der Waals surface area (Å²) in [5.41, 5.74) is 0. The second kappa shape index (κ2) is 6.04. The molecule has 23 heavy (non-hydrogen) atoms. The van der Waals surface area contributed by atoms with Gasteiger partial charge < -0.3 is 19.7 Å². The fourth-order valence-electron chi connectivity index (χ4n) is 3.44. The molecule has 1 aliphatic carbocycles. The van der Waals surface area contributed by atoms with Crippen molar-refractivity contribution in [1.29, 1.82) is 0 Å². The number of fused-ring (bicyclic) bond motifs is 2. The Morgan fingerprint density at radius 1 is 1.17 bits per heavy atom. The Morgan fingerprint density at radius 2 is 1.87 bits per heavy atom. The maximum atomic E-state index is 11.4. The SMILES string of the molecule is O=C(O)[C@@H]1[C@H]2C[C@H]([C@H](OC(=S)Oc3ccccc3)C2)N1C(=O)O. The number of amides is 1. The lowest BCUT2D eigenvalue weighted by Gasteiger charge is -2.35. The van der Waals surface area contributed by atoms with Gasteiger partial charge in [0.1, 0.15) is 17.9 Å². The number of thiocarbonyl (C=S) groups is 1. The van der Waals surface area contributed by atoms with Crippen LogP contribution < -0.4 is 4.74 Å². The predicted molar refractivity (Wildman–Crippen MR) is 82.3 cm³/mol. The van der Waals surface area contributed by atoms with Gasteiger partial charge in [0.2, 0.25) is 0 Å². The number of carboxylic acid groups (broad SMARTS) is 2. The fraction of sp³-hybridized carbons (Fsp3) is 0.400. The normalized spacial score (nSPS) is 28.4. The summed E-state index contributed by atoms with van der Waals surface area (Å²) in [6.45, 7) is 0. The van der Waals surface area contributed by atoms with Crippen molar-refractivity contribution in [2.24, 2.45) is 5.92 Å². The van der Waals surface area contributed by atoms with E-state index in [1.165, 1.54) is 0 Å². The van der Waals surface area contributed by atoms with Gasteiger partial charge in [-0.3, -0.25) is 4.90 Å². The third-order valence-corrected chi connectivity index (χ3v) is 4.46. The predicted octanol–water partition coefficient (Wildman–Crippen LogP) is 1.96. The molecule has 4 atom stereocenters. The molecule has 1 saturated carbocycles. The molecule has 2 aliphatic rings. The van der Waals surface area contributed by atoms with E-state index in [1.807, 2.05) is 6.07 Å². The zero-order chi connectivity index (χ0) is 16.6. The van der Waals surface area contributed by atoms with Gasteiger partial charge >= 0.3 is 17.3 Å². The highest BCUT2D eigenvalue weighted by molar-refractivity contribution is 7.79. The fourth-order valence-corrected chi connectivity index (χ4v) is 3.66. The highest BCUT2D eigenvalue weighted by atomic mass is 32.1. The van der Waals surface area contributed by atoms with Gasteiger partial charge in [-0.25, -0.2) is 9.59 Å². The lowest BCUT2D eigenvalue weighted by molar-refractivity contribution is -0.145. The molecule has 2 fully saturated rings. The lowest BCUT2D eigenvalue weighted by Crippen LogP contribution is -2.54. The van der Waals surface area contributed by atoms with Crippen LogP contribution in [0.2, 0.25) is 0 Å². The minimum atomic E-state index is -1.26. The minimum absolute atomic E-state index is 0.0917. The molecule has 122 valence electrons. The number of aliphatic carboxylic acids is 1. The molecule has 0 unspecified atom stereocenters. The molecule has 1 aromatic carbocycles. The summed E-state index contributed by atoms with van der Waals surface area (Å²) in [5, 5.41) is 18.4. The second-order valence-electron chi connectivity index (χ2n) is 5.59. The first-order valence-corrected chi connectivity index (χ1v) is 7.55. The summed E-state index contributed by atoms with van der Waals surface area (Å²) < 4.78 is 10.9. The topological polar surface area (TPSA) is 96.3 Å². The van der Waals surface area contributed by atoms with E-state index in [2.05, 4.69) is 0 Å². The number of ether oxygens (including phenoxy) is 2. The van der Waals surface area contributed by atoms with Gasteiger partial charge in [0, 0.05) is 12.2 Å². The van der Waals surface area contributed by atoms with Crippen LogP contribution in [0.4, 0.5) is 4.79 Å². The van der Waals surface area contributed by atoms with Crippen LogP contribution in [0.5, 0.6) is 5.75 Å². The van der Waals surface area contributed by atoms with Crippen molar-refractivity contribution < 1.29 is 29.3 Å². The molecular formula is C15H15NO6S. The lowest BCUT2D eigenvalue weighted by atomic mass is 9.98. The van der Waals surface area contributed by atoms with Crippen LogP contribution in [0, 0.1) is 5.92 Å². The average Bonchev–Trinajstić information content (AvgIpc) is 3.05. The summed E-state index contributed by atoms with van der Waals surface area (Å²) >= 11 is 5.05. The van der Waals surface area contributed by atoms with Crippen LogP contribution in [-0.2, 0) is 9.53 Å². The molecule has 0 aromatic heterocycles. The van der Waals surface area contributed by atoms with Crippen molar-refractivity contribution >= 4 is 29.5 Å². The molecule has 2 bridgehead atoms. The number of piperidine rings is 1. The van der Waals surface area contributed by atoms with E-state index < -0.39 is 30.3 Å². The molecule has 7 nitrogen and oxygen atoms in total. The van der Waals surface area contributed by atoms with Gasteiger partial charge in [-0.15, -0.1) is 0 Å². The molecule has 8 heteroatoms. The molecular weight excluding hydrogens is 322 g/mol. The number of hydrogen-bond donors (Lipinski definition) is 2. The zero-order valence-electron chi connectivity index (χ0n) is 12.0. The summed E-state index contributed by atoms with van der Waals surface area (Å²) in [6, 6.07) is 7.33. The highest BCUT2D eigenvalue weighted by Gasteiger charge is 2.57. The average molecular weight is 337 g/mol.